The van der Waals surface area contributed by atoms with E-state index in [2.05, 4.69) is 5.32 Å². The lowest BCUT2D eigenvalue weighted by molar-refractivity contribution is -0.121. The molecule has 130 valence electrons. The first-order chi connectivity index (χ1) is 10.9. The Morgan fingerprint density at radius 1 is 1.12 bits per heavy atom. The van der Waals surface area contributed by atoms with Crippen LogP contribution in [-0.2, 0) is 11.2 Å². The first kappa shape index (κ1) is 19.8. The van der Waals surface area contributed by atoms with Crippen molar-refractivity contribution in [1.82, 2.24) is 5.32 Å². The molecule has 1 atom stereocenters. The maximum absolute atomic E-state index is 12.2. The van der Waals surface area contributed by atoms with E-state index in [0.717, 1.165) is 16.9 Å². The fraction of sp³-hybridized carbons (Fsp3) is 0.316. The summed E-state index contributed by atoms with van der Waals surface area (Å²) in [4.78, 5) is 12.2. The second kappa shape index (κ2) is 9.18. The van der Waals surface area contributed by atoms with Crippen molar-refractivity contribution < 1.29 is 9.53 Å². The fourth-order valence-corrected chi connectivity index (χ4v) is 2.33. The number of nitrogens with two attached hydrogens (primary N) is 1. The van der Waals surface area contributed by atoms with Crippen LogP contribution in [-0.4, -0.2) is 12.0 Å². The Bertz CT molecular complexity index is 657. The number of ether oxygens (including phenoxy) is 1. The molecule has 1 unspecified atom stereocenters. The van der Waals surface area contributed by atoms with Crippen LogP contribution in [0, 0.1) is 0 Å². The van der Waals surface area contributed by atoms with Crippen molar-refractivity contribution in [3.05, 3.63) is 59.7 Å². The van der Waals surface area contributed by atoms with Gasteiger partial charge in [0.2, 0.25) is 5.91 Å². The Morgan fingerprint density at radius 2 is 1.79 bits per heavy atom. The normalized spacial score (nSPS) is 11.5. The Kier molecular flexibility index (Phi) is 7.59. The molecule has 0 aromatic heterocycles. The molecule has 2 rings (SSSR count). The predicted octanol–water partition coefficient (Wildman–Crippen LogP) is 3.90. The van der Waals surface area contributed by atoms with Crippen molar-refractivity contribution in [2.75, 3.05) is 5.73 Å². The molecular formula is C19H25ClN2O2. The van der Waals surface area contributed by atoms with Gasteiger partial charge in [-0.15, -0.1) is 12.4 Å². The van der Waals surface area contributed by atoms with Gasteiger partial charge in [0.1, 0.15) is 5.75 Å². The first-order valence-corrected chi connectivity index (χ1v) is 7.84. The summed E-state index contributed by atoms with van der Waals surface area (Å²) in [5.74, 6) is 0.801. The molecule has 24 heavy (non-hydrogen) atoms. The summed E-state index contributed by atoms with van der Waals surface area (Å²) < 4.78 is 5.69. The molecule has 0 bridgehead atoms. The summed E-state index contributed by atoms with van der Waals surface area (Å²) in [6, 6.07) is 15.1. The number of hydrogen-bond donors (Lipinski definition) is 2. The lowest BCUT2D eigenvalue weighted by atomic mass is 10.1. The van der Waals surface area contributed by atoms with Crippen LogP contribution in [0.5, 0.6) is 5.75 Å². The first-order valence-electron chi connectivity index (χ1n) is 7.84. The van der Waals surface area contributed by atoms with Crippen LogP contribution < -0.4 is 15.8 Å². The van der Waals surface area contributed by atoms with Gasteiger partial charge in [-0.3, -0.25) is 4.79 Å². The van der Waals surface area contributed by atoms with E-state index in [1.165, 1.54) is 0 Å². The molecule has 2 aromatic rings. The molecule has 4 nitrogen and oxygen atoms in total. The number of hydrogen-bond acceptors (Lipinski definition) is 3. The van der Waals surface area contributed by atoms with Crippen molar-refractivity contribution in [3.63, 3.8) is 0 Å². The highest BCUT2D eigenvalue weighted by Gasteiger charge is 2.11. The Hall–Kier alpha value is -2.20. The topological polar surface area (TPSA) is 64.3 Å². The number of rotatable bonds is 6. The van der Waals surface area contributed by atoms with E-state index in [1.807, 2.05) is 57.2 Å². The van der Waals surface area contributed by atoms with E-state index in [4.69, 9.17) is 10.5 Å². The van der Waals surface area contributed by atoms with E-state index >= 15 is 0 Å². The average molecular weight is 349 g/mol. The number of nitrogens with one attached hydrogen (secondary N) is 1. The van der Waals surface area contributed by atoms with Gasteiger partial charge in [0.05, 0.1) is 18.6 Å². The maximum atomic E-state index is 12.2. The number of amides is 1. The van der Waals surface area contributed by atoms with E-state index in [1.54, 1.807) is 12.1 Å². The van der Waals surface area contributed by atoms with Crippen molar-refractivity contribution >= 4 is 24.0 Å². The molecule has 0 spiro atoms. The smallest absolute Gasteiger partial charge is 0.224 e. The molecule has 0 saturated carbocycles. The standard InChI is InChI=1S/C19H24N2O2.ClH/c1-13(2)23-18-6-4-5-16(12-18)14(3)21-19(22)11-15-7-9-17(20)10-8-15;/h4-10,12-14H,11,20H2,1-3H3,(H,21,22);1H. The van der Waals surface area contributed by atoms with Gasteiger partial charge < -0.3 is 15.8 Å². The summed E-state index contributed by atoms with van der Waals surface area (Å²) in [6.45, 7) is 5.95. The maximum Gasteiger partial charge on any atom is 0.224 e. The molecular weight excluding hydrogens is 324 g/mol. The Labute approximate surface area is 149 Å². The number of carbonyl (C=O) groups excluding carboxylic acids is 1. The monoisotopic (exact) mass is 348 g/mol. The number of anilines is 1. The minimum Gasteiger partial charge on any atom is -0.491 e. The third-order valence-corrected chi connectivity index (χ3v) is 3.45. The highest BCUT2D eigenvalue weighted by atomic mass is 35.5. The lowest BCUT2D eigenvalue weighted by Crippen LogP contribution is -2.28. The van der Waals surface area contributed by atoms with Gasteiger partial charge in [-0.05, 0) is 56.2 Å². The fourth-order valence-electron chi connectivity index (χ4n) is 2.33. The van der Waals surface area contributed by atoms with Crippen molar-refractivity contribution in [3.8, 4) is 5.75 Å². The quantitative estimate of drug-likeness (QED) is 0.778. The summed E-state index contributed by atoms with van der Waals surface area (Å²) >= 11 is 0. The molecule has 0 aliphatic heterocycles. The zero-order valence-electron chi connectivity index (χ0n) is 14.3. The van der Waals surface area contributed by atoms with Gasteiger partial charge in [-0.25, -0.2) is 0 Å². The van der Waals surface area contributed by atoms with E-state index in [-0.39, 0.29) is 30.5 Å². The molecule has 5 heteroatoms. The van der Waals surface area contributed by atoms with Gasteiger partial charge in [-0.2, -0.15) is 0 Å². The Balaban J connectivity index is 0.00000288. The van der Waals surface area contributed by atoms with Crippen LogP contribution >= 0.6 is 12.4 Å². The van der Waals surface area contributed by atoms with Crippen LogP contribution in [0.4, 0.5) is 5.69 Å². The predicted molar refractivity (Wildman–Crippen MR) is 101 cm³/mol. The molecule has 0 heterocycles. The zero-order valence-corrected chi connectivity index (χ0v) is 15.1. The lowest BCUT2D eigenvalue weighted by Gasteiger charge is -2.16. The second-order valence-corrected chi connectivity index (χ2v) is 5.95. The van der Waals surface area contributed by atoms with Gasteiger partial charge in [0, 0.05) is 5.69 Å². The van der Waals surface area contributed by atoms with Crippen LogP contribution in [0.1, 0.15) is 37.9 Å². The van der Waals surface area contributed by atoms with Crippen molar-refractivity contribution in [1.29, 1.82) is 0 Å². The van der Waals surface area contributed by atoms with Gasteiger partial charge in [-0.1, -0.05) is 24.3 Å². The molecule has 0 radical (unpaired) electrons. The summed E-state index contributed by atoms with van der Waals surface area (Å²) in [5, 5.41) is 3.01. The SMILES string of the molecule is CC(C)Oc1cccc(C(C)NC(=O)Cc2ccc(N)cc2)c1.Cl. The highest BCUT2D eigenvalue weighted by Crippen LogP contribution is 2.20. The number of halogens is 1. The van der Waals surface area contributed by atoms with Crippen molar-refractivity contribution in [2.24, 2.45) is 0 Å². The van der Waals surface area contributed by atoms with Gasteiger partial charge >= 0.3 is 0 Å². The second-order valence-electron chi connectivity index (χ2n) is 5.95. The van der Waals surface area contributed by atoms with Crippen LogP contribution in [0.3, 0.4) is 0 Å². The van der Waals surface area contributed by atoms with Crippen molar-refractivity contribution in [2.45, 2.75) is 39.3 Å². The van der Waals surface area contributed by atoms with E-state index < -0.39 is 0 Å². The average Bonchev–Trinajstić information content (AvgIpc) is 2.49. The van der Waals surface area contributed by atoms with Crippen LogP contribution in [0.2, 0.25) is 0 Å². The molecule has 1 amide bonds. The number of nitrogen functional groups attached to an aromatic ring is 1. The summed E-state index contributed by atoms with van der Waals surface area (Å²) in [7, 11) is 0. The Morgan fingerprint density at radius 3 is 2.42 bits per heavy atom. The highest BCUT2D eigenvalue weighted by molar-refractivity contribution is 5.85. The zero-order chi connectivity index (χ0) is 16.8. The number of benzene rings is 2. The van der Waals surface area contributed by atoms with Crippen LogP contribution in [0.25, 0.3) is 0 Å². The third kappa shape index (κ3) is 6.13. The minimum absolute atomic E-state index is 0. The van der Waals surface area contributed by atoms with Gasteiger partial charge in [0.15, 0.2) is 0 Å². The molecule has 2 aromatic carbocycles. The molecule has 0 fully saturated rings. The van der Waals surface area contributed by atoms with Gasteiger partial charge in [0.25, 0.3) is 0 Å². The van der Waals surface area contributed by atoms with E-state index in [0.29, 0.717) is 12.1 Å². The molecule has 0 aliphatic carbocycles. The summed E-state index contributed by atoms with van der Waals surface area (Å²) in [6.07, 6.45) is 0.466. The largest absolute Gasteiger partial charge is 0.491 e. The molecule has 0 saturated heterocycles. The number of carbonyl (C=O) groups is 1. The van der Waals surface area contributed by atoms with E-state index in [9.17, 15) is 4.79 Å². The molecule has 0 aliphatic rings. The third-order valence-electron chi connectivity index (χ3n) is 3.45. The van der Waals surface area contributed by atoms with Crippen LogP contribution in [0.15, 0.2) is 48.5 Å². The molecule has 3 N–H and O–H groups in total. The minimum atomic E-state index is -0.0769. The summed E-state index contributed by atoms with van der Waals surface area (Å²) in [5.41, 5.74) is 8.32.